The first-order valence-corrected chi connectivity index (χ1v) is 9.91. The number of benzene rings is 2. The van der Waals surface area contributed by atoms with Crippen molar-refractivity contribution in [1.82, 2.24) is 4.90 Å². The predicted octanol–water partition coefficient (Wildman–Crippen LogP) is 5.67. The van der Waals surface area contributed by atoms with Crippen LogP contribution in [0.4, 0.5) is 10.5 Å². The number of rotatable bonds is 5. The van der Waals surface area contributed by atoms with E-state index in [9.17, 15) is 4.79 Å². The van der Waals surface area contributed by atoms with Crippen molar-refractivity contribution >= 4 is 23.3 Å². The summed E-state index contributed by atoms with van der Waals surface area (Å²) in [6, 6.07) is 17.1. The summed E-state index contributed by atoms with van der Waals surface area (Å²) in [5.74, 6) is 1.51. The molecule has 0 fully saturated rings. The number of carbonyl (C=O) groups excluding carboxylic acids is 1. The van der Waals surface area contributed by atoms with Crippen LogP contribution in [-0.4, -0.2) is 25.1 Å². The first-order valence-electron chi connectivity index (χ1n) is 9.53. The zero-order valence-electron chi connectivity index (χ0n) is 16.7. The standard InChI is InChI=1S/C23H23ClN2O3/c1-4-23(21-6-5-13-29-21)19-14-17(24)9-12-20(19)26(22(27)25(23)2)15-16-7-10-18(28-3)11-8-16/h5-14H,4,15H2,1-3H3. The quantitative estimate of drug-likeness (QED) is 0.544. The summed E-state index contributed by atoms with van der Waals surface area (Å²) in [7, 11) is 3.45. The highest BCUT2D eigenvalue weighted by Gasteiger charge is 2.49. The predicted molar refractivity (Wildman–Crippen MR) is 114 cm³/mol. The molecule has 2 heterocycles. The van der Waals surface area contributed by atoms with Crippen molar-refractivity contribution in [3.05, 3.63) is 82.8 Å². The highest BCUT2D eigenvalue weighted by Crippen LogP contribution is 2.48. The Morgan fingerprint density at radius 3 is 2.52 bits per heavy atom. The minimum Gasteiger partial charge on any atom is -0.497 e. The van der Waals surface area contributed by atoms with Crippen molar-refractivity contribution in [1.29, 1.82) is 0 Å². The number of methoxy groups -OCH3 is 1. The molecule has 0 N–H and O–H groups in total. The van der Waals surface area contributed by atoms with E-state index < -0.39 is 5.54 Å². The molecule has 1 atom stereocenters. The molecule has 6 heteroatoms. The highest BCUT2D eigenvalue weighted by atomic mass is 35.5. The fraction of sp³-hybridized carbons (Fsp3) is 0.261. The van der Waals surface area contributed by atoms with Crippen LogP contribution in [0.2, 0.25) is 5.02 Å². The summed E-state index contributed by atoms with van der Waals surface area (Å²) >= 11 is 6.38. The number of anilines is 1. The first-order chi connectivity index (χ1) is 14.0. The van der Waals surface area contributed by atoms with Gasteiger partial charge in [-0.3, -0.25) is 4.90 Å². The fourth-order valence-electron chi connectivity index (χ4n) is 4.18. The maximum atomic E-state index is 13.5. The molecule has 29 heavy (non-hydrogen) atoms. The van der Waals surface area contributed by atoms with E-state index in [2.05, 4.69) is 6.92 Å². The summed E-state index contributed by atoms with van der Waals surface area (Å²) in [5.41, 5.74) is 2.09. The van der Waals surface area contributed by atoms with E-state index in [1.165, 1.54) is 0 Å². The number of urea groups is 1. The van der Waals surface area contributed by atoms with Crippen LogP contribution in [0.1, 0.15) is 30.2 Å². The van der Waals surface area contributed by atoms with Crippen LogP contribution in [0.25, 0.3) is 0 Å². The van der Waals surface area contributed by atoms with Gasteiger partial charge in [0.25, 0.3) is 0 Å². The van der Waals surface area contributed by atoms with Crippen LogP contribution in [-0.2, 0) is 12.1 Å². The van der Waals surface area contributed by atoms with Crippen LogP contribution in [0.5, 0.6) is 5.75 Å². The summed E-state index contributed by atoms with van der Waals surface area (Å²) in [6.07, 6.45) is 2.30. The molecule has 1 unspecified atom stereocenters. The molecule has 0 saturated heterocycles. The Kier molecular flexibility index (Phi) is 5.01. The monoisotopic (exact) mass is 410 g/mol. The average molecular weight is 411 g/mol. The Morgan fingerprint density at radius 1 is 1.14 bits per heavy atom. The van der Waals surface area contributed by atoms with E-state index in [-0.39, 0.29) is 6.03 Å². The lowest BCUT2D eigenvalue weighted by molar-refractivity contribution is 0.136. The number of hydrogen-bond donors (Lipinski definition) is 0. The summed E-state index contributed by atoms with van der Waals surface area (Å²) in [4.78, 5) is 17.1. The Labute approximate surface area is 175 Å². The molecule has 0 radical (unpaired) electrons. The molecule has 1 aromatic heterocycles. The topological polar surface area (TPSA) is 45.9 Å². The Balaban J connectivity index is 1.84. The van der Waals surface area contributed by atoms with E-state index in [0.29, 0.717) is 18.0 Å². The smallest absolute Gasteiger partial charge is 0.325 e. The summed E-state index contributed by atoms with van der Waals surface area (Å²) in [5, 5.41) is 0.625. The third-order valence-corrected chi connectivity index (χ3v) is 5.96. The molecule has 2 amide bonds. The molecular formula is C23H23ClN2O3. The van der Waals surface area contributed by atoms with Crippen molar-refractivity contribution in [2.75, 3.05) is 19.1 Å². The van der Waals surface area contributed by atoms with Gasteiger partial charge in [0.05, 0.1) is 25.6 Å². The van der Waals surface area contributed by atoms with Crippen molar-refractivity contribution in [2.45, 2.75) is 25.4 Å². The van der Waals surface area contributed by atoms with Crippen molar-refractivity contribution in [3.63, 3.8) is 0 Å². The lowest BCUT2D eigenvalue weighted by atomic mass is 9.80. The van der Waals surface area contributed by atoms with Crippen LogP contribution in [0, 0.1) is 0 Å². The van der Waals surface area contributed by atoms with E-state index in [0.717, 1.165) is 28.3 Å². The highest BCUT2D eigenvalue weighted by molar-refractivity contribution is 6.30. The normalized spacial score (nSPS) is 18.7. The largest absolute Gasteiger partial charge is 0.497 e. The van der Waals surface area contributed by atoms with Gasteiger partial charge in [-0.1, -0.05) is 30.7 Å². The van der Waals surface area contributed by atoms with E-state index >= 15 is 0 Å². The lowest BCUT2D eigenvalue weighted by Gasteiger charge is -2.48. The molecule has 150 valence electrons. The zero-order chi connectivity index (χ0) is 20.6. The van der Waals surface area contributed by atoms with E-state index in [4.69, 9.17) is 20.8 Å². The molecular weight excluding hydrogens is 388 g/mol. The molecule has 4 rings (SSSR count). The van der Waals surface area contributed by atoms with Gasteiger partial charge in [0, 0.05) is 17.6 Å². The number of halogens is 1. The molecule has 0 aliphatic carbocycles. The second kappa shape index (κ2) is 7.48. The van der Waals surface area contributed by atoms with Crippen LogP contribution in [0.3, 0.4) is 0 Å². The number of fused-ring (bicyclic) bond motifs is 1. The Morgan fingerprint density at radius 2 is 1.90 bits per heavy atom. The van der Waals surface area contributed by atoms with Gasteiger partial charge in [0.2, 0.25) is 0 Å². The number of furan rings is 1. The third kappa shape index (κ3) is 3.06. The Bertz CT molecular complexity index is 1020. The van der Waals surface area contributed by atoms with Crippen molar-refractivity contribution in [3.8, 4) is 5.75 Å². The molecule has 2 aromatic carbocycles. The Hall–Kier alpha value is -2.92. The van der Waals surface area contributed by atoms with Crippen molar-refractivity contribution in [2.24, 2.45) is 0 Å². The summed E-state index contributed by atoms with van der Waals surface area (Å²) in [6.45, 7) is 2.50. The SMILES string of the molecule is CCC1(c2ccco2)c2cc(Cl)ccc2N(Cc2ccc(OC)cc2)C(=O)N1C. The molecule has 0 bridgehead atoms. The number of nitrogens with zero attached hydrogens (tertiary/aromatic N) is 2. The number of carbonyl (C=O) groups is 1. The van der Waals surface area contributed by atoms with Gasteiger partial charge in [0.15, 0.2) is 0 Å². The second-order valence-electron chi connectivity index (χ2n) is 7.13. The third-order valence-electron chi connectivity index (χ3n) is 5.73. The fourth-order valence-corrected chi connectivity index (χ4v) is 4.36. The van der Waals surface area contributed by atoms with E-state index in [1.807, 2.05) is 61.6 Å². The van der Waals surface area contributed by atoms with Gasteiger partial charge in [-0.15, -0.1) is 0 Å². The molecule has 0 spiro atoms. The first kappa shape index (κ1) is 19.4. The summed E-state index contributed by atoms with van der Waals surface area (Å²) < 4.78 is 11.0. The van der Waals surface area contributed by atoms with Gasteiger partial charge in [-0.2, -0.15) is 0 Å². The van der Waals surface area contributed by atoms with Gasteiger partial charge < -0.3 is 14.1 Å². The average Bonchev–Trinajstić information content (AvgIpc) is 3.28. The van der Waals surface area contributed by atoms with Crippen LogP contribution >= 0.6 is 11.6 Å². The number of ether oxygens (including phenoxy) is 1. The zero-order valence-corrected chi connectivity index (χ0v) is 17.4. The maximum Gasteiger partial charge on any atom is 0.325 e. The van der Waals surface area contributed by atoms with Gasteiger partial charge in [-0.05, 0) is 54.4 Å². The molecule has 1 aliphatic heterocycles. The van der Waals surface area contributed by atoms with Crippen LogP contribution in [0.15, 0.2) is 65.3 Å². The number of hydrogen-bond acceptors (Lipinski definition) is 3. The van der Waals surface area contributed by atoms with Crippen LogP contribution < -0.4 is 9.64 Å². The lowest BCUT2D eigenvalue weighted by Crippen LogP contribution is -2.57. The molecule has 5 nitrogen and oxygen atoms in total. The second-order valence-corrected chi connectivity index (χ2v) is 7.56. The minimum absolute atomic E-state index is 0.0890. The van der Waals surface area contributed by atoms with Crippen molar-refractivity contribution < 1.29 is 13.9 Å². The van der Waals surface area contributed by atoms with Gasteiger partial charge in [-0.25, -0.2) is 4.79 Å². The van der Waals surface area contributed by atoms with E-state index in [1.54, 1.807) is 23.2 Å². The molecule has 1 aliphatic rings. The van der Waals surface area contributed by atoms with Gasteiger partial charge in [0.1, 0.15) is 17.0 Å². The molecule has 3 aromatic rings. The molecule has 0 saturated carbocycles. The number of amides is 2. The minimum atomic E-state index is -0.711. The van der Waals surface area contributed by atoms with Gasteiger partial charge >= 0.3 is 6.03 Å². The maximum absolute atomic E-state index is 13.5.